The molecule has 0 unspecified atom stereocenters. The van der Waals surface area contributed by atoms with Crippen molar-refractivity contribution in [1.29, 1.82) is 0 Å². The number of nitrogens with zero attached hydrogens (tertiary/aromatic N) is 2. The van der Waals surface area contributed by atoms with Crippen LogP contribution in [0.4, 0.5) is 22.7 Å². The van der Waals surface area contributed by atoms with Crippen molar-refractivity contribution in [2.24, 2.45) is 0 Å². The number of aryl methyl sites for hydroxylation is 2. The van der Waals surface area contributed by atoms with Crippen molar-refractivity contribution in [3.8, 4) is 11.1 Å². The predicted octanol–water partition coefficient (Wildman–Crippen LogP) is 7.52. The van der Waals surface area contributed by atoms with Crippen molar-refractivity contribution in [3.63, 3.8) is 0 Å². The van der Waals surface area contributed by atoms with Gasteiger partial charge >= 0.3 is 0 Å². The van der Waals surface area contributed by atoms with E-state index in [1.54, 1.807) is 12.4 Å². The Kier molecular flexibility index (Phi) is 6.58. The van der Waals surface area contributed by atoms with Crippen molar-refractivity contribution in [3.05, 3.63) is 137 Å². The van der Waals surface area contributed by atoms with Crippen LogP contribution in [-0.4, -0.2) is 16.8 Å². The molecule has 0 radical (unpaired) electrons. The van der Waals surface area contributed by atoms with Crippen LogP contribution in [0.25, 0.3) is 11.1 Å². The van der Waals surface area contributed by atoms with Gasteiger partial charge in [-0.3, -0.25) is 14.6 Å². The Morgan fingerprint density at radius 1 is 0.775 bits per heavy atom. The van der Waals surface area contributed by atoms with Crippen molar-refractivity contribution < 1.29 is 9.59 Å². The molecule has 0 bridgehead atoms. The molecule has 2 N–H and O–H groups in total. The van der Waals surface area contributed by atoms with Gasteiger partial charge in [0.1, 0.15) is 0 Å². The lowest BCUT2D eigenvalue weighted by atomic mass is 9.99. The van der Waals surface area contributed by atoms with Gasteiger partial charge in [0.15, 0.2) is 0 Å². The number of nitrogens with one attached hydrogen (secondary N) is 2. The van der Waals surface area contributed by atoms with E-state index in [-0.39, 0.29) is 11.8 Å². The van der Waals surface area contributed by atoms with Gasteiger partial charge in [0, 0.05) is 34.9 Å². The molecule has 0 saturated heterocycles. The van der Waals surface area contributed by atoms with Crippen molar-refractivity contribution in [1.82, 2.24) is 4.98 Å². The van der Waals surface area contributed by atoms with Gasteiger partial charge in [-0.15, -0.1) is 0 Å². The van der Waals surface area contributed by atoms with E-state index in [1.807, 2.05) is 116 Å². The highest BCUT2D eigenvalue weighted by atomic mass is 16.2. The van der Waals surface area contributed by atoms with Crippen molar-refractivity contribution in [2.75, 3.05) is 15.5 Å². The average Bonchev–Trinajstić information content (AvgIpc) is 3.16. The lowest BCUT2D eigenvalue weighted by Crippen LogP contribution is -2.30. The lowest BCUT2D eigenvalue weighted by molar-refractivity contribution is 0.0983. The molecule has 2 amide bonds. The number of carbonyl (C=O) groups is 2. The van der Waals surface area contributed by atoms with E-state index in [4.69, 9.17) is 0 Å². The SMILES string of the molecule is Cc1cc(C(=O)N2Cc3ccccc3Nc3ccccc32)c(C)cc1NC(=O)c1ccccc1-c1ccncc1. The summed E-state index contributed by atoms with van der Waals surface area (Å²) in [5.74, 6) is -0.300. The van der Waals surface area contributed by atoms with Gasteiger partial charge in [0.2, 0.25) is 0 Å². The van der Waals surface area contributed by atoms with Gasteiger partial charge in [-0.2, -0.15) is 0 Å². The molecular weight excluding hydrogens is 496 g/mol. The van der Waals surface area contributed by atoms with Crippen molar-refractivity contribution >= 4 is 34.6 Å². The third-order valence-electron chi connectivity index (χ3n) is 7.27. The molecule has 0 fully saturated rings. The molecule has 1 aromatic heterocycles. The van der Waals surface area contributed by atoms with Gasteiger partial charge in [0.05, 0.1) is 17.9 Å². The molecule has 0 spiro atoms. The zero-order valence-electron chi connectivity index (χ0n) is 22.3. The summed E-state index contributed by atoms with van der Waals surface area (Å²) in [6.07, 6.45) is 3.43. The Morgan fingerprint density at radius 3 is 2.30 bits per heavy atom. The minimum absolute atomic E-state index is 0.0903. The second-order valence-corrected chi connectivity index (χ2v) is 9.91. The van der Waals surface area contributed by atoms with E-state index in [0.29, 0.717) is 23.4 Å². The van der Waals surface area contributed by atoms with E-state index in [2.05, 4.69) is 15.6 Å². The monoisotopic (exact) mass is 524 g/mol. The van der Waals surface area contributed by atoms with E-state index in [0.717, 1.165) is 44.9 Å². The number of fused-ring (bicyclic) bond motifs is 2. The molecule has 2 heterocycles. The van der Waals surface area contributed by atoms with E-state index < -0.39 is 0 Å². The van der Waals surface area contributed by atoms with E-state index in [9.17, 15) is 9.59 Å². The number of pyridine rings is 1. The number of anilines is 4. The van der Waals surface area contributed by atoms with Crippen LogP contribution in [0.15, 0.2) is 109 Å². The third kappa shape index (κ3) is 4.71. The second-order valence-electron chi connectivity index (χ2n) is 9.91. The normalized spacial score (nSPS) is 12.0. The first-order valence-electron chi connectivity index (χ1n) is 13.2. The van der Waals surface area contributed by atoms with Crippen LogP contribution in [0, 0.1) is 13.8 Å². The van der Waals surface area contributed by atoms with Crippen LogP contribution in [0.2, 0.25) is 0 Å². The number of hydrogen-bond acceptors (Lipinski definition) is 4. The number of rotatable bonds is 4. The molecule has 0 saturated carbocycles. The van der Waals surface area contributed by atoms with Gasteiger partial charge < -0.3 is 15.5 Å². The number of carbonyl (C=O) groups excluding carboxylic acids is 2. The van der Waals surface area contributed by atoms with Gasteiger partial charge in [-0.25, -0.2) is 0 Å². The highest BCUT2D eigenvalue weighted by Crippen LogP contribution is 2.37. The number of para-hydroxylation sites is 3. The van der Waals surface area contributed by atoms with Gasteiger partial charge in [-0.05, 0) is 90.2 Å². The maximum atomic E-state index is 14.1. The first-order valence-corrected chi connectivity index (χ1v) is 13.2. The summed E-state index contributed by atoms with van der Waals surface area (Å²) in [5.41, 5.74) is 8.92. The number of aromatic nitrogens is 1. The van der Waals surface area contributed by atoms with Crippen molar-refractivity contribution in [2.45, 2.75) is 20.4 Å². The van der Waals surface area contributed by atoms with Crippen LogP contribution in [0.3, 0.4) is 0 Å². The quantitative estimate of drug-likeness (QED) is 0.255. The highest BCUT2D eigenvalue weighted by Gasteiger charge is 2.26. The van der Waals surface area contributed by atoms with Crippen LogP contribution >= 0.6 is 0 Å². The van der Waals surface area contributed by atoms with Crippen LogP contribution in [-0.2, 0) is 6.54 Å². The molecule has 6 rings (SSSR count). The number of benzene rings is 4. The lowest BCUT2D eigenvalue weighted by Gasteiger charge is -2.24. The highest BCUT2D eigenvalue weighted by molar-refractivity contribution is 6.11. The molecule has 0 atom stereocenters. The summed E-state index contributed by atoms with van der Waals surface area (Å²) in [6.45, 7) is 4.26. The Hall–Kier alpha value is -5.23. The molecule has 40 heavy (non-hydrogen) atoms. The zero-order chi connectivity index (χ0) is 27.6. The summed E-state index contributed by atoms with van der Waals surface area (Å²) < 4.78 is 0. The molecule has 6 nitrogen and oxygen atoms in total. The summed E-state index contributed by atoms with van der Waals surface area (Å²) in [4.78, 5) is 33.4. The Labute approximate surface area is 233 Å². The molecule has 4 aromatic carbocycles. The van der Waals surface area contributed by atoms with Crippen LogP contribution in [0.5, 0.6) is 0 Å². The summed E-state index contributed by atoms with van der Waals surface area (Å²) >= 11 is 0. The summed E-state index contributed by atoms with van der Waals surface area (Å²) in [6, 6.07) is 30.9. The maximum absolute atomic E-state index is 14.1. The first kappa shape index (κ1) is 25.1. The van der Waals surface area contributed by atoms with Gasteiger partial charge in [-0.1, -0.05) is 48.5 Å². The molecule has 0 aliphatic carbocycles. The molecule has 1 aliphatic rings. The Bertz CT molecular complexity index is 1750. The number of hydrogen-bond donors (Lipinski definition) is 2. The van der Waals surface area contributed by atoms with Crippen LogP contribution < -0.4 is 15.5 Å². The molecule has 6 heteroatoms. The van der Waals surface area contributed by atoms with E-state index >= 15 is 0 Å². The van der Waals surface area contributed by atoms with Crippen LogP contribution in [0.1, 0.15) is 37.4 Å². The molecular formula is C34H28N4O2. The standard InChI is InChI=1S/C34H28N4O2/c1-22-20-31(37-33(39)27-11-5-4-10-26(27)24-15-17-35-18-16-24)23(2)19-28(22)34(40)38-21-25-9-3-6-12-29(25)36-30-13-7-8-14-32(30)38/h3-20,36H,21H2,1-2H3,(H,37,39). The first-order chi connectivity index (χ1) is 19.5. The minimum atomic E-state index is -0.210. The fourth-order valence-corrected chi connectivity index (χ4v) is 5.16. The largest absolute Gasteiger partial charge is 0.354 e. The minimum Gasteiger partial charge on any atom is -0.354 e. The average molecular weight is 525 g/mol. The fourth-order valence-electron chi connectivity index (χ4n) is 5.16. The predicted molar refractivity (Wildman–Crippen MR) is 160 cm³/mol. The Morgan fingerprint density at radius 2 is 1.48 bits per heavy atom. The molecule has 5 aromatic rings. The van der Waals surface area contributed by atoms with E-state index in [1.165, 1.54) is 0 Å². The van der Waals surface area contributed by atoms with Gasteiger partial charge in [0.25, 0.3) is 11.8 Å². The Balaban J connectivity index is 1.31. The summed E-state index contributed by atoms with van der Waals surface area (Å²) in [5, 5.41) is 6.56. The smallest absolute Gasteiger partial charge is 0.258 e. The number of amides is 2. The fraction of sp³-hybridized carbons (Fsp3) is 0.0882. The molecule has 1 aliphatic heterocycles. The maximum Gasteiger partial charge on any atom is 0.258 e. The second kappa shape index (κ2) is 10.5. The summed E-state index contributed by atoms with van der Waals surface area (Å²) in [7, 11) is 0. The molecule has 196 valence electrons. The topological polar surface area (TPSA) is 74.3 Å². The zero-order valence-corrected chi connectivity index (χ0v) is 22.3. The third-order valence-corrected chi connectivity index (χ3v) is 7.27.